The number of imide groups is 1. The quantitative estimate of drug-likeness (QED) is 0.739. The minimum Gasteiger partial charge on any atom is -0.367 e. The number of para-hydroxylation sites is 1. The summed E-state index contributed by atoms with van der Waals surface area (Å²) >= 11 is 0. The average molecular weight is 418 g/mol. The Morgan fingerprint density at radius 1 is 1.03 bits per heavy atom. The molecule has 1 saturated heterocycles. The highest BCUT2D eigenvalue weighted by molar-refractivity contribution is 6.05. The van der Waals surface area contributed by atoms with E-state index in [0.717, 1.165) is 36.1 Å². The highest BCUT2D eigenvalue weighted by Gasteiger charge is 2.40. The number of rotatable bonds is 4. The molecule has 0 spiro atoms. The molecule has 160 valence electrons. The van der Waals surface area contributed by atoms with Crippen molar-refractivity contribution in [3.8, 4) is 0 Å². The Kier molecular flexibility index (Phi) is 4.98. The predicted octanol–water partition coefficient (Wildman–Crippen LogP) is 1.86. The highest BCUT2D eigenvalue weighted by Crippen LogP contribution is 2.35. The third-order valence-corrected chi connectivity index (χ3v) is 6.65. The molecule has 3 amide bonds. The van der Waals surface area contributed by atoms with Crippen LogP contribution in [0, 0.1) is 0 Å². The fraction of sp³-hybridized carbons (Fsp3) is 0.375. The second-order valence-corrected chi connectivity index (χ2v) is 8.50. The van der Waals surface area contributed by atoms with Crippen LogP contribution in [0.2, 0.25) is 0 Å². The predicted molar refractivity (Wildman–Crippen MR) is 116 cm³/mol. The lowest BCUT2D eigenvalue weighted by molar-refractivity contribution is -0.136. The van der Waals surface area contributed by atoms with Crippen LogP contribution in [0.15, 0.2) is 36.4 Å². The molecule has 3 aliphatic heterocycles. The molecule has 7 nitrogen and oxygen atoms in total. The SMILES string of the molecule is NCc1cccc2c1N(Cc1cccc3c1CN(C1CCC(=O)NC1=O)C3=O)CCC2. The minimum atomic E-state index is -0.593. The lowest BCUT2D eigenvalue weighted by atomic mass is 9.96. The van der Waals surface area contributed by atoms with Crippen molar-refractivity contribution in [1.29, 1.82) is 0 Å². The van der Waals surface area contributed by atoms with Gasteiger partial charge >= 0.3 is 0 Å². The normalized spacial score (nSPS) is 20.5. The number of fused-ring (bicyclic) bond motifs is 2. The molecule has 0 bridgehead atoms. The maximum absolute atomic E-state index is 13.1. The first kappa shape index (κ1) is 19.8. The van der Waals surface area contributed by atoms with E-state index < -0.39 is 6.04 Å². The molecule has 0 saturated carbocycles. The molecule has 0 radical (unpaired) electrons. The van der Waals surface area contributed by atoms with Crippen LogP contribution in [0.3, 0.4) is 0 Å². The van der Waals surface area contributed by atoms with Gasteiger partial charge in [0, 0.05) is 43.9 Å². The zero-order valence-electron chi connectivity index (χ0n) is 17.4. The van der Waals surface area contributed by atoms with E-state index in [-0.39, 0.29) is 24.1 Å². The third-order valence-electron chi connectivity index (χ3n) is 6.65. The van der Waals surface area contributed by atoms with Crippen LogP contribution >= 0.6 is 0 Å². The monoisotopic (exact) mass is 418 g/mol. The van der Waals surface area contributed by atoms with Gasteiger partial charge in [-0.25, -0.2) is 0 Å². The van der Waals surface area contributed by atoms with Crippen LogP contribution in [0.5, 0.6) is 0 Å². The standard InChI is InChI=1S/C24H26N4O3/c25-12-16-5-1-4-15-7-3-11-27(22(15)16)13-17-6-2-8-18-19(17)14-28(24(18)31)20-9-10-21(29)26-23(20)30/h1-2,4-6,8,20H,3,7,9-14,25H2,(H,26,29,30). The van der Waals surface area contributed by atoms with Crippen molar-refractivity contribution in [2.75, 3.05) is 11.4 Å². The fourth-order valence-corrected chi connectivity index (χ4v) is 5.15. The van der Waals surface area contributed by atoms with Crippen molar-refractivity contribution >= 4 is 23.4 Å². The molecule has 0 aliphatic carbocycles. The number of nitrogens with zero attached hydrogens (tertiary/aromatic N) is 2. The van der Waals surface area contributed by atoms with Gasteiger partial charge in [0.25, 0.3) is 5.91 Å². The smallest absolute Gasteiger partial charge is 0.255 e. The van der Waals surface area contributed by atoms with Crippen LogP contribution in [-0.4, -0.2) is 35.2 Å². The summed E-state index contributed by atoms with van der Waals surface area (Å²) in [5.41, 5.74) is 12.4. The van der Waals surface area contributed by atoms with E-state index in [1.807, 2.05) is 12.1 Å². The molecule has 31 heavy (non-hydrogen) atoms. The first-order chi connectivity index (χ1) is 15.1. The largest absolute Gasteiger partial charge is 0.367 e. The number of nitrogens with two attached hydrogens (primary N) is 1. The summed E-state index contributed by atoms with van der Waals surface area (Å²) in [5, 5.41) is 2.37. The average Bonchev–Trinajstić information content (AvgIpc) is 3.11. The number of amides is 3. The van der Waals surface area contributed by atoms with Gasteiger partial charge in [-0.15, -0.1) is 0 Å². The number of hydrogen-bond donors (Lipinski definition) is 2. The molecule has 1 unspecified atom stereocenters. The van der Waals surface area contributed by atoms with Crippen molar-refractivity contribution in [2.24, 2.45) is 5.73 Å². The number of carbonyl (C=O) groups excluding carboxylic acids is 3. The molecule has 3 aliphatic rings. The highest BCUT2D eigenvalue weighted by atomic mass is 16.2. The molecule has 5 rings (SSSR count). The number of hydrogen-bond acceptors (Lipinski definition) is 5. The number of aryl methyl sites for hydroxylation is 1. The van der Waals surface area contributed by atoms with Gasteiger partial charge in [0.05, 0.1) is 0 Å². The van der Waals surface area contributed by atoms with Crippen LogP contribution in [0.25, 0.3) is 0 Å². The Morgan fingerprint density at radius 3 is 2.65 bits per heavy atom. The Labute approximate surface area is 181 Å². The van der Waals surface area contributed by atoms with E-state index in [1.54, 1.807) is 4.90 Å². The van der Waals surface area contributed by atoms with Crippen LogP contribution < -0.4 is 16.0 Å². The lowest BCUT2D eigenvalue weighted by Crippen LogP contribution is -2.52. The Morgan fingerprint density at radius 2 is 1.84 bits per heavy atom. The second-order valence-electron chi connectivity index (χ2n) is 8.50. The zero-order valence-corrected chi connectivity index (χ0v) is 17.4. The summed E-state index contributed by atoms with van der Waals surface area (Å²) in [6, 6.07) is 11.6. The van der Waals surface area contributed by atoms with Crippen molar-refractivity contribution < 1.29 is 14.4 Å². The van der Waals surface area contributed by atoms with Gasteiger partial charge in [0.1, 0.15) is 6.04 Å². The van der Waals surface area contributed by atoms with E-state index in [2.05, 4.69) is 34.5 Å². The lowest BCUT2D eigenvalue weighted by Gasteiger charge is -2.34. The van der Waals surface area contributed by atoms with E-state index >= 15 is 0 Å². The molecule has 1 atom stereocenters. The van der Waals surface area contributed by atoms with E-state index in [9.17, 15) is 14.4 Å². The first-order valence-corrected chi connectivity index (χ1v) is 10.9. The summed E-state index contributed by atoms with van der Waals surface area (Å²) in [5.74, 6) is -0.782. The minimum absolute atomic E-state index is 0.131. The summed E-state index contributed by atoms with van der Waals surface area (Å²) in [6.07, 6.45) is 2.76. The van der Waals surface area contributed by atoms with Gasteiger partial charge in [0.15, 0.2) is 0 Å². The summed E-state index contributed by atoms with van der Waals surface area (Å²) in [4.78, 5) is 40.9. The van der Waals surface area contributed by atoms with Gasteiger partial charge < -0.3 is 15.5 Å². The number of anilines is 1. The molecule has 0 aromatic heterocycles. The van der Waals surface area contributed by atoms with Crippen LogP contribution in [0.4, 0.5) is 5.69 Å². The molecular weight excluding hydrogens is 392 g/mol. The maximum atomic E-state index is 13.1. The molecule has 1 fully saturated rings. The molecule has 2 aromatic rings. The molecular formula is C24H26N4O3. The molecule has 7 heteroatoms. The topological polar surface area (TPSA) is 95.7 Å². The Balaban J connectivity index is 1.44. The number of benzene rings is 2. The Hall–Kier alpha value is -3.19. The van der Waals surface area contributed by atoms with E-state index in [1.165, 1.54) is 11.3 Å². The van der Waals surface area contributed by atoms with Gasteiger partial charge in [0.2, 0.25) is 11.8 Å². The maximum Gasteiger partial charge on any atom is 0.255 e. The van der Waals surface area contributed by atoms with Crippen molar-refractivity contribution in [3.63, 3.8) is 0 Å². The van der Waals surface area contributed by atoms with Crippen LogP contribution in [0.1, 0.15) is 51.9 Å². The van der Waals surface area contributed by atoms with E-state index in [4.69, 9.17) is 5.73 Å². The molecule has 3 heterocycles. The van der Waals surface area contributed by atoms with Crippen molar-refractivity contribution in [3.05, 3.63) is 64.2 Å². The first-order valence-electron chi connectivity index (χ1n) is 10.9. The fourth-order valence-electron chi connectivity index (χ4n) is 5.15. The molecule has 3 N–H and O–H groups in total. The van der Waals surface area contributed by atoms with Crippen molar-refractivity contribution in [1.82, 2.24) is 10.2 Å². The number of piperidine rings is 1. The van der Waals surface area contributed by atoms with Gasteiger partial charge in [-0.3, -0.25) is 19.7 Å². The zero-order chi connectivity index (χ0) is 21.5. The summed E-state index contributed by atoms with van der Waals surface area (Å²) in [6.45, 7) is 2.53. The number of carbonyl (C=O) groups is 3. The van der Waals surface area contributed by atoms with E-state index in [0.29, 0.717) is 31.6 Å². The van der Waals surface area contributed by atoms with Gasteiger partial charge in [-0.2, -0.15) is 0 Å². The molecule has 2 aromatic carbocycles. The second kappa shape index (κ2) is 7.81. The van der Waals surface area contributed by atoms with Crippen LogP contribution in [-0.2, 0) is 35.6 Å². The van der Waals surface area contributed by atoms with Crippen molar-refractivity contribution in [2.45, 2.75) is 51.4 Å². The number of nitrogens with one attached hydrogen (secondary N) is 1. The summed E-state index contributed by atoms with van der Waals surface area (Å²) in [7, 11) is 0. The summed E-state index contributed by atoms with van der Waals surface area (Å²) < 4.78 is 0. The Bertz CT molecular complexity index is 1070. The third kappa shape index (κ3) is 3.39. The van der Waals surface area contributed by atoms with Gasteiger partial charge in [-0.05, 0) is 47.6 Å². The van der Waals surface area contributed by atoms with Gasteiger partial charge in [-0.1, -0.05) is 30.3 Å².